The van der Waals surface area contributed by atoms with Crippen molar-refractivity contribution in [2.75, 3.05) is 13.2 Å². The molecule has 1 aromatic carbocycles. The van der Waals surface area contributed by atoms with E-state index in [0.717, 1.165) is 6.07 Å². The summed E-state index contributed by atoms with van der Waals surface area (Å²) >= 11 is 0. The van der Waals surface area contributed by atoms with Crippen LogP contribution in [-0.4, -0.2) is 25.2 Å². The van der Waals surface area contributed by atoms with E-state index in [9.17, 15) is 13.6 Å². The van der Waals surface area contributed by atoms with E-state index in [1.807, 2.05) is 0 Å². The summed E-state index contributed by atoms with van der Waals surface area (Å²) in [6, 6.07) is 3.47. The van der Waals surface area contributed by atoms with Gasteiger partial charge in [0.15, 0.2) is 11.6 Å². The maximum atomic E-state index is 13.3. The van der Waals surface area contributed by atoms with Crippen LogP contribution in [0.15, 0.2) is 30.9 Å². The summed E-state index contributed by atoms with van der Waals surface area (Å²) in [6.07, 6.45) is 1.36. The van der Waals surface area contributed by atoms with Gasteiger partial charge in [-0.25, -0.2) is 8.78 Å². The highest BCUT2D eigenvalue weighted by molar-refractivity contribution is 5.94. The molecule has 1 aromatic rings. The molecule has 0 aliphatic rings. The van der Waals surface area contributed by atoms with Crippen molar-refractivity contribution in [3.63, 3.8) is 0 Å². The lowest BCUT2D eigenvalue weighted by atomic mass is 10.2. The van der Waals surface area contributed by atoms with Gasteiger partial charge in [-0.2, -0.15) is 0 Å². The number of rotatable bonds is 6. The molecule has 1 atom stereocenters. The summed E-state index contributed by atoms with van der Waals surface area (Å²) in [5, 5.41) is 2.47. The maximum absolute atomic E-state index is 13.3. The van der Waals surface area contributed by atoms with Crippen molar-refractivity contribution in [2.24, 2.45) is 0 Å². The molecule has 0 aromatic heterocycles. The topological polar surface area (TPSA) is 38.3 Å². The molecule has 0 saturated heterocycles. The number of hydrogen-bond acceptors (Lipinski definition) is 2. The zero-order valence-electron chi connectivity index (χ0n) is 10.1. The van der Waals surface area contributed by atoms with Crippen LogP contribution < -0.4 is 5.32 Å². The Labute approximate surface area is 104 Å². The van der Waals surface area contributed by atoms with E-state index >= 15 is 0 Å². The first-order valence-corrected chi connectivity index (χ1v) is 5.51. The molecule has 5 heteroatoms. The molecule has 0 spiro atoms. The molecule has 1 N–H and O–H groups in total. The first kappa shape index (κ1) is 14.3. The molecule has 18 heavy (non-hydrogen) atoms. The lowest BCUT2D eigenvalue weighted by Gasteiger charge is -2.13. The minimum atomic E-state index is -1.14. The molecule has 0 bridgehead atoms. The number of carbonyl (C=O) groups excluding carboxylic acids is 1. The van der Waals surface area contributed by atoms with E-state index in [0.29, 0.717) is 6.61 Å². The first-order chi connectivity index (χ1) is 8.56. The van der Waals surface area contributed by atoms with Gasteiger partial charge in [0.05, 0.1) is 18.3 Å². The standard InChI is InChI=1S/C13H15F2NO2/c1-3-7-18-9(2)8-16-13(17)10-5-4-6-11(14)12(10)15/h3-6,9H,1,7-8H2,2H3,(H,16,17). The maximum Gasteiger partial charge on any atom is 0.254 e. The lowest BCUT2D eigenvalue weighted by molar-refractivity contribution is 0.0767. The van der Waals surface area contributed by atoms with Crippen LogP contribution in [0.2, 0.25) is 0 Å². The Kier molecular flexibility index (Phi) is 5.45. The molecule has 0 aliphatic heterocycles. The van der Waals surface area contributed by atoms with Gasteiger partial charge in [-0.1, -0.05) is 12.1 Å². The van der Waals surface area contributed by atoms with Gasteiger partial charge >= 0.3 is 0 Å². The van der Waals surface area contributed by atoms with Gasteiger partial charge in [-0.05, 0) is 19.1 Å². The Morgan fingerprint density at radius 3 is 2.94 bits per heavy atom. The van der Waals surface area contributed by atoms with E-state index in [1.54, 1.807) is 13.0 Å². The fourth-order valence-corrected chi connectivity index (χ4v) is 1.30. The van der Waals surface area contributed by atoms with Crippen molar-refractivity contribution in [1.29, 1.82) is 0 Å². The third kappa shape index (κ3) is 3.92. The summed E-state index contributed by atoms with van der Waals surface area (Å²) in [6.45, 7) is 5.83. The van der Waals surface area contributed by atoms with E-state index < -0.39 is 17.5 Å². The molecule has 98 valence electrons. The summed E-state index contributed by atoms with van der Waals surface area (Å²) in [5.41, 5.74) is -0.314. The number of hydrogen-bond donors (Lipinski definition) is 1. The summed E-state index contributed by atoms with van der Waals surface area (Å²) in [7, 11) is 0. The van der Waals surface area contributed by atoms with Crippen molar-refractivity contribution in [3.8, 4) is 0 Å². The van der Waals surface area contributed by atoms with E-state index in [-0.39, 0.29) is 18.2 Å². The van der Waals surface area contributed by atoms with Gasteiger partial charge in [-0.15, -0.1) is 6.58 Å². The average molecular weight is 255 g/mol. The second-order valence-corrected chi connectivity index (χ2v) is 3.74. The van der Waals surface area contributed by atoms with Crippen LogP contribution in [-0.2, 0) is 4.74 Å². The van der Waals surface area contributed by atoms with Crippen LogP contribution in [0, 0.1) is 11.6 Å². The SMILES string of the molecule is C=CCOC(C)CNC(=O)c1cccc(F)c1F. The molecule has 0 heterocycles. The normalized spacial score (nSPS) is 11.9. The molecule has 0 aliphatic carbocycles. The van der Waals surface area contributed by atoms with Crippen LogP contribution >= 0.6 is 0 Å². The molecular weight excluding hydrogens is 240 g/mol. The number of benzene rings is 1. The van der Waals surface area contributed by atoms with Gasteiger partial charge in [0, 0.05) is 6.54 Å². The van der Waals surface area contributed by atoms with Gasteiger partial charge < -0.3 is 10.1 Å². The Hall–Kier alpha value is -1.75. The molecule has 1 unspecified atom stereocenters. The van der Waals surface area contributed by atoms with Crippen molar-refractivity contribution >= 4 is 5.91 Å². The number of halogens is 2. The van der Waals surface area contributed by atoms with E-state index in [2.05, 4.69) is 11.9 Å². The second-order valence-electron chi connectivity index (χ2n) is 3.74. The number of carbonyl (C=O) groups is 1. The van der Waals surface area contributed by atoms with Crippen LogP contribution in [0.5, 0.6) is 0 Å². The highest BCUT2D eigenvalue weighted by Crippen LogP contribution is 2.10. The molecule has 3 nitrogen and oxygen atoms in total. The van der Waals surface area contributed by atoms with Crippen molar-refractivity contribution < 1.29 is 18.3 Å². The van der Waals surface area contributed by atoms with Crippen molar-refractivity contribution in [3.05, 3.63) is 48.1 Å². The molecule has 1 rings (SSSR count). The minimum absolute atomic E-state index is 0.211. The molecule has 0 radical (unpaired) electrons. The van der Waals surface area contributed by atoms with Crippen LogP contribution in [0.4, 0.5) is 8.78 Å². The fraction of sp³-hybridized carbons (Fsp3) is 0.308. The second kappa shape index (κ2) is 6.86. The Morgan fingerprint density at radius 2 is 2.28 bits per heavy atom. The number of amides is 1. The summed E-state index contributed by atoms with van der Waals surface area (Å²) < 4.78 is 31.4. The monoisotopic (exact) mass is 255 g/mol. The predicted molar refractivity (Wildman–Crippen MR) is 64.3 cm³/mol. The predicted octanol–water partition coefficient (Wildman–Crippen LogP) is 2.29. The third-order valence-corrected chi connectivity index (χ3v) is 2.24. The molecular formula is C13H15F2NO2. The van der Waals surface area contributed by atoms with Gasteiger partial charge in [-0.3, -0.25) is 4.79 Å². The van der Waals surface area contributed by atoms with Crippen molar-refractivity contribution in [1.82, 2.24) is 5.32 Å². The van der Waals surface area contributed by atoms with Gasteiger partial charge in [0.2, 0.25) is 0 Å². The van der Waals surface area contributed by atoms with E-state index in [1.165, 1.54) is 12.1 Å². The molecule has 1 amide bonds. The highest BCUT2D eigenvalue weighted by atomic mass is 19.2. The van der Waals surface area contributed by atoms with Crippen LogP contribution in [0.1, 0.15) is 17.3 Å². The Balaban J connectivity index is 2.55. The summed E-state index contributed by atoms with van der Waals surface area (Å²) in [5.74, 6) is -2.85. The van der Waals surface area contributed by atoms with Crippen LogP contribution in [0.3, 0.4) is 0 Å². The Morgan fingerprint density at radius 1 is 1.56 bits per heavy atom. The first-order valence-electron chi connectivity index (χ1n) is 5.51. The molecule has 0 fully saturated rings. The minimum Gasteiger partial charge on any atom is -0.373 e. The largest absolute Gasteiger partial charge is 0.373 e. The highest BCUT2D eigenvalue weighted by Gasteiger charge is 2.15. The fourth-order valence-electron chi connectivity index (χ4n) is 1.30. The Bertz CT molecular complexity index is 435. The molecule has 0 saturated carbocycles. The number of nitrogens with one attached hydrogen (secondary N) is 1. The quantitative estimate of drug-likeness (QED) is 0.792. The van der Waals surface area contributed by atoms with Gasteiger partial charge in [0.1, 0.15) is 0 Å². The zero-order valence-corrected chi connectivity index (χ0v) is 10.1. The third-order valence-electron chi connectivity index (χ3n) is 2.24. The van der Waals surface area contributed by atoms with Crippen LogP contribution in [0.25, 0.3) is 0 Å². The van der Waals surface area contributed by atoms with Gasteiger partial charge in [0.25, 0.3) is 5.91 Å². The number of ether oxygens (including phenoxy) is 1. The zero-order chi connectivity index (χ0) is 13.5. The van der Waals surface area contributed by atoms with Crippen molar-refractivity contribution in [2.45, 2.75) is 13.0 Å². The average Bonchev–Trinajstić information content (AvgIpc) is 2.36. The lowest BCUT2D eigenvalue weighted by Crippen LogP contribution is -2.32. The smallest absolute Gasteiger partial charge is 0.254 e. The van der Waals surface area contributed by atoms with E-state index in [4.69, 9.17) is 4.74 Å². The summed E-state index contributed by atoms with van der Waals surface area (Å²) in [4.78, 5) is 11.6.